The van der Waals surface area contributed by atoms with E-state index in [1.54, 1.807) is 0 Å². The van der Waals surface area contributed by atoms with Crippen LogP contribution in [0.25, 0.3) is 0 Å². The third-order valence-corrected chi connectivity index (χ3v) is 3.16. The van der Waals surface area contributed by atoms with Crippen LogP contribution >= 0.6 is 0 Å². The third-order valence-electron chi connectivity index (χ3n) is 3.16. The van der Waals surface area contributed by atoms with E-state index >= 15 is 0 Å². The minimum Gasteiger partial charge on any atom is -0.466 e. The van der Waals surface area contributed by atoms with Crippen molar-refractivity contribution in [3.63, 3.8) is 0 Å². The van der Waals surface area contributed by atoms with Crippen molar-refractivity contribution in [3.8, 4) is 0 Å². The van der Waals surface area contributed by atoms with Gasteiger partial charge < -0.3 is 10.1 Å². The number of hydrogen-bond acceptors (Lipinski definition) is 3. The molecule has 0 spiro atoms. The van der Waals surface area contributed by atoms with Crippen LogP contribution in [0.15, 0.2) is 24.3 Å². The molecule has 0 radical (unpaired) electrons. The molecular weight excluding hydrogens is 214 g/mol. The van der Waals surface area contributed by atoms with Crippen LogP contribution in [0.5, 0.6) is 0 Å². The summed E-state index contributed by atoms with van der Waals surface area (Å²) >= 11 is 0. The van der Waals surface area contributed by atoms with Crippen LogP contribution in [-0.2, 0) is 16.0 Å². The number of benzene rings is 1. The van der Waals surface area contributed by atoms with E-state index in [0.717, 1.165) is 19.4 Å². The fraction of sp³-hybridized carbons (Fsp3) is 0.500. The molecule has 0 saturated heterocycles. The summed E-state index contributed by atoms with van der Waals surface area (Å²) in [7, 11) is 0. The molecule has 3 nitrogen and oxygen atoms in total. The fourth-order valence-electron chi connectivity index (χ4n) is 2.35. The van der Waals surface area contributed by atoms with Gasteiger partial charge in [-0.2, -0.15) is 0 Å². The van der Waals surface area contributed by atoms with Crippen molar-refractivity contribution in [2.45, 2.75) is 32.2 Å². The van der Waals surface area contributed by atoms with Gasteiger partial charge in [0.15, 0.2) is 0 Å². The highest BCUT2D eigenvalue weighted by molar-refractivity contribution is 5.69. The monoisotopic (exact) mass is 233 g/mol. The van der Waals surface area contributed by atoms with Gasteiger partial charge in [0.05, 0.1) is 6.61 Å². The van der Waals surface area contributed by atoms with E-state index in [4.69, 9.17) is 4.74 Å². The molecule has 0 saturated carbocycles. The summed E-state index contributed by atoms with van der Waals surface area (Å²) < 4.78 is 4.95. The van der Waals surface area contributed by atoms with E-state index < -0.39 is 0 Å². The minimum absolute atomic E-state index is 0.0997. The largest absolute Gasteiger partial charge is 0.466 e. The Morgan fingerprint density at radius 1 is 1.47 bits per heavy atom. The third kappa shape index (κ3) is 3.07. The molecule has 17 heavy (non-hydrogen) atoms. The van der Waals surface area contributed by atoms with Crippen LogP contribution < -0.4 is 5.32 Å². The zero-order chi connectivity index (χ0) is 12.1. The Hall–Kier alpha value is -1.35. The van der Waals surface area contributed by atoms with Crippen molar-refractivity contribution in [1.82, 2.24) is 5.32 Å². The van der Waals surface area contributed by atoms with Crippen molar-refractivity contribution < 1.29 is 9.53 Å². The predicted octanol–water partition coefficient (Wildman–Crippen LogP) is 2.22. The SMILES string of the molecule is CCOC(=O)CCC1NCCc2ccccc21. The average molecular weight is 233 g/mol. The van der Waals surface area contributed by atoms with E-state index in [2.05, 4.69) is 29.6 Å². The minimum atomic E-state index is -0.0997. The van der Waals surface area contributed by atoms with Gasteiger partial charge in [-0.1, -0.05) is 24.3 Å². The number of esters is 1. The van der Waals surface area contributed by atoms with Gasteiger partial charge in [-0.25, -0.2) is 0 Å². The molecule has 1 aromatic carbocycles. The fourth-order valence-corrected chi connectivity index (χ4v) is 2.35. The summed E-state index contributed by atoms with van der Waals surface area (Å²) in [6, 6.07) is 8.75. The Morgan fingerprint density at radius 3 is 3.12 bits per heavy atom. The normalized spacial score (nSPS) is 18.5. The molecule has 2 rings (SSSR count). The van der Waals surface area contributed by atoms with Gasteiger partial charge in [-0.3, -0.25) is 4.79 Å². The highest BCUT2D eigenvalue weighted by Crippen LogP contribution is 2.26. The van der Waals surface area contributed by atoms with Crippen LogP contribution in [0.2, 0.25) is 0 Å². The summed E-state index contributed by atoms with van der Waals surface area (Å²) in [6.45, 7) is 3.30. The molecule has 1 atom stereocenters. The Bertz CT molecular complexity index is 390. The first-order valence-electron chi connectivity index (χ1n) is 6.28. The summed E-state index contributed by atoms with van der Waals surface area (Å²) in [6.07, 6.45) is 2.38. The van der Waals surface area contributed by atoms with Crippen LogP contribution in [0, 0.1) is 0 Å². The second-order valence-corrected chi connectivity index (χ2v) is 4.30. The highest BCUT2D eigenvalue weighted by atomic mass is 16.5. The lowest BCUT2D eigenvalue weighted by Crippen LogP contribution is -2.30. The molecule has 0 aliphatic carbocycles. The first-order chi connectivity index (χ1) is 8.31. The van der Waals surface area contributed by atoms with Gasteiger partial charge in [-0.05, 0) is 37.4 Å². The molecule has 1 heterocycles. The van der Waals surface area contributed by atoms with Crippen molar-refractivity contribution in [3.05, 3.63) is 35.4 Å². The first kappa shape index (κ1) is 12.1. The Balaban J connectivity index is 1.97. The van der Waals surface area contributed by atoms with Crippen molar-refractivity contribution in [2.24, 2.45) is 0 Å². The molecule has 0 amide bonds. The number of carbonyl (C=O) groups excluding carboxylic acids is 1. The molecule has 1 aromatic rings. The van der Waals surface area contributed by atoms with E-state index in [-0.39, 0.29) is 5.97 Å². The second-order valence-electron chi connectivity index (χ2n) is 4.30. The maximum atomic E-state index is 11.3. The molecule has 0 aromatic heterocycles. The molecule has 3 heteroatoms. The molecular formula is C14H19NO2. The van der Waals surface area contributed by atoms with Gasteiger partial charge >= 0.3 is 5.97 Å². The lowest BCUT2D eigenvalue weighted by atomic mass is 9.92. The van der Waals surface area contributed by atoms with Crippen LogP contribution in [-0.4, -0.2) is 19.1 Å². The maximum Gasteiger partial charge on any atom is 0.305 e. The lowest BCUT2D eigenvalue weighted by Gasteiger charge is -2.26. The van der Waals surface area contributed by atoms with Gasteiger partial charge in [0.2, 0.25) is 0 Å². The molecule has 92 valence electrons. The molecule has 1 N–H and O–H groups in total. The van der Waals surface area contributed by atoms with Gasteiger partial charge in [-0.15, -0.1) is 0 Å². The van der Waals surface area contributed by atoms with E-state index in [1.807, 2.05) is 6.92 Å². The smallest absolute Gasteiger partial charge is 0.305 e. The summed E-state index contributed by atoms with van der Waals surface area (Å²) in [5.74, 6) is -0.0997. The van der Waals surface area contributed by atoms with Crippen molar-refractivity contribution >= 4 is 5.97 Å². The van der Waals surface area contributed by atoms with Crippen molar-refractivity contribution in [1.29, 1.82) is 0 Å². The Morgan fingerprint density at radius 2 is 2.29 bits per heavy atom. The molecule has 0 fully saturated rings. The van der Waals surface area contributed by atoms with E-state index in [0.29, 0.717) is 19.1 Å². The molecule has 0 bridgehead atoms. The summed E-state index contributed by atoms with van der Waals surface area (Å²) in [5, 5.41) is 3.46. The van der Waals surface area contributed by atoms with E-state index in [1.165, 1.54) is 11.1 Å². The molecule has 1 aliphatic heterocycles. The van der Waals surface area contributed by atoms with Crippen LogP contribution in [0.1, 0.15) is 36.9 Å². The quantitative estimate of drug-likeness (QED) is 0.810. The molecule has 1 unspecified atom stereocenters. The van der Waals surface area contributed by atoms with E-state index in [9.17, 15) is 4.79 Å². The predicted molar refractivity (Wildman–Crippen MR) is 66.8 cm³/mol. The lowest BCUT2D eigenvalue weighted by molar-refractivity contribution is -0.143. The maximum absolute atomic E-state index is 11.3. The Labute approximate surface area is 102 Å². The number of ether oxygens (including phenoxy) is 1. The number of fused-ring (bicyclic) bond motifs is 1. The number of nitrogens with one attached hydrogen (secondary N) is 1. The number of rotatable bonds is 4. The standard InChI is InChI=1S/C14H19NO2/c1-2-17-14(16)8-7-13-12-6-4-3-5-11(12)9-10-15-13/h3-6,13,15H,2,7-10H2,1H3. The second kappa shape index (κ2) is 5.82. The zero-order valence-corrected chi connectivity index (χ0v) is 10.2. The van der Waals surface area contributed by atoms with Crippen molar-refractivity contribution in [2.75, 3.05) is 13.2 Å². The van der Waals surface area contributed by atoms with Crippen LogP contribution in [0.4, 0.5) is 0 Å². The highest BCUT2D eigenvalue weighted by Gasteiger charge is 2.19. The summed E-state index contributed by atoms with van der Waals surface area (Å²) in [5.41, 5.74) is 2.74. The van der Waals surface area contributed by atoms with Gasteiger partial charge in [0, 0.05) is 12.5 Å². The van der Waals surface area contributed by atoms with Crippen LogP contribution in [0.3, 0.4) is 0 Å². The average Bonchev–Trinajstić information content (AvgIpc) is 2.36. The first-order valence-corrected chi connectivity index (χ1v) is 6.28. The summed E-state index contributed by atoms with van der Waals surface area (Å²) in [4.78, 5) is 11.3. The number of carbonyl (C=O) groups is 1. The molecule has 1 aliphatic rings. The van der Waals surface area contributed by atoms with Gasteiger partial charge in [0.25, 0.3) is 0 Å². The topological polar surface area (TPSA) is 38.3 Å². The number of hydrogen-bond donors (Lipinski definition) is 1. The van der Waals surface area contributed by atoms with Gasteiger partial charge in [0.1, 0.15) is 0 Å². The Kier molecular flexibility index (Phi) is 4.15. The zero-order valence-electron chi connectivity index (χ0n) is 10.2.